The SMILES string of the molecule is C[C@@H]1O[C@@H](OC[C@H]2O[C@@H](Oc3cc(O)c4c(c3)OC(c3ccc(O[C@H]5O[C@H](CO)[C@H](O)[C@H](O)[C@H]5O)cc3)CC4=O)[C@H](O)[C@@H](O)[C@@H]2O)[C@H](O)[C@H](O)[C@H]1O. The van der Waals surface area contributed by atoms with Gasteiger partial charge < -0.3 is 89.3 Å². The fourth-order valence-corrected chi connectivity index (χ4v) is 6.36. The fourth-order valence-electron chi connectivity index (χ4n) is 6.36. The smallest absolute Gasteiger partial charge is 0.229 e. The summed E-state index contributed by atoms with van der Waals surface area (Å²) in [6, 6.07) is 8.41. The largest absolute Gasteiger partial charge is 0.507 e. The van der Waals surface area contributed by atoms with E-state index in [1.807, 2.05) is 0 Å². The number of aliphatic hydroxyl groups excluding tert-OH is 10. The highest BCUT2D eigenvalue weighted by Gasteiger charge is 2.48. The average molecular weight is 743 g/mol. The molecule has 2 aromatic carbocycles. The molecule has 4 aliphatic heterocycles. The van der Waals surface area contributed by atoms with Crippen LogP contribution in [0.15, 0.2) is 36.4 Å². The van der Waals surface area contributed by atoms with E-state index in [0.29, 0.717) is 5.56 Å². The second-order valence-electron chi connectivity index (χ2n) is 13.1. The van der Waals surface area contributed by atoms with E-state index in [0.717, 1.165) is 6.07 Å². The highest BCUT2D eigenvalue weighted by molar-refractivity contribution is 6.02. The van der Waals surface area contributed by atoms with Gasteiger partial charge in [0.2, 0.25) is 12.6 Å². The minimum atomic E-state index is -1.81. The molecule has 16 atom stereocenters. The lowest BCUT2D eigenvalue weighted by molar-refractivity contribution is -0.318. The molecular weight excluding hydrogens is 700 g/mol. The van der Waals surface area contributed by atoms with Crippen molar-refractivity contribution in [1.82, 2.24) is 0 Å². The summed E-state index contributed by atoms with van der Waals surface area (Å²) >= 11 is 0. The third kappa shape index (κ3) is 7.56. The number of carbonyl (C=O) groups is 1. The van der Waals surface area contributed by atoms with E-state index in [1.165, 1.54) is 25.1 Å². The van der Waals surface area contributed by atoms with E-state index in [9.17, 15) is 61.0 Å². The van der Waals surface area contributed by atoms with Gasteiger partial charge in [-0.05, 0) is 24.6 Å². The van der Waals surface area contributed by atoms with Gasteiger partial charge in [-0.3, -0.25) is 4.79 Å². The lowest BCUT2D eigenvalue weighted by atomic mass is 9.95. The minimum absolute atomic E-state index is 0.0815. The van der Waals surface area contributed by atoms with Crippen molar-refractivity contribution in [2.24, 2.45) is 0 Å². The summed E-state index contributed by atoms with van der Waals surface area (Å²) in [5.74, 6) is -1.04. The van der Waals surface area contributed by atoms with Gasteiger partial charge in [0.1, 0.15) is 102 Å². The Morgan fingerprint density at radius 1 is 0.673 bits per heavy atom. The Morgan fingerprint density at radius 2 is 1.23 bits per heavy atom. The van der Waals surface area contributed by atoms with Crippen LogP contribution in [0.1, 0.15) is 35.4 Å². The Bertz CT molecular complexity index is 1540. The molecule has 52 heavy (non-hydrogen) atoms. The molecule has 0 saturated carbocycles. The maximum atomic E-state index is 13.1. The number of hydrogen-bond donors (Lipinski definition) is 11. The van der Waals surface area contributed by atoms with E-state index >= 15 is 0 Å². The zero-order valence-electron chi connectivity index (χ0n) is 27.5. The van der Waals surface area contributed by atoms with Gasteiger partial charge in [0.25, 0.3) is 0 Å². The summed E-state index contributed by atoms with van der Waals surface area (Å²) in [7, 11) is 0. The molecule has 0 aromatic heterocycles. The molecule has 1 unspecified atom stereocenters. The van der Waals surface area contributed by atoms with Crippen LogP contribution < -0.4 is 14.2 Å². The summed E-state index contributed by atoms with van der Waals surface area (Å²) in [5, 5.41) is 112. The van der Waals surface area contributed by atoms with Crippen LogP contribution in [0.4, 0.5) is 0 Å². The second-order valence-corrected chi connectivity index (χ2v) is 13.1. The first-order chi connectivity index (χ1) is 24.7. The predicted molar refractivity (Wildman–Crippen MR) is 167 cm³/mol. The molecule has 2 aromatic rings. The number of hydrogen-bond acceptors (Lipinski definition) is 19. The highest BCUT2D eigenvalue weighted by atomic mass is 16.7. The number of ketones is 1. The lowest BCUT2D eigenvalue weighted by Crippen LogP contribution is -2.61. The molecule has 0 radical (unpaired) electrons. The molecule has 4 heterocycles. The Labute approximate surface area is 295 Å². The monoisotopic (exact) mass is 742 g/mol. The summed E-state index contributed by atoms with van der Waals surface area (Å²) < 4.78 is 39.2. The maximum absolute atomic E-state index is 13.1. The Morgan fingerprint density at radius 3 is 1.87 bits per heavy atom. The van der Waals surface area contributed by atoms with Gasteiger partial charge in [0.15, 0.2) is 12.1 Å². The number of phenolic OH excluding ortho intramolecular Hbond substituents is 1. The second kappa shape index (κ2) is 15.6. The number of phenols is 1. The number of ether oxygens (including phenoxy) is 7. The van der Waals surface area contributed by atoms with Crippen molar-refractivity contribution < 1.29 is 94.1 Å². The van der Waals surface area contributed by atoms with Crippen molar-refractivity contribution in [2.75, 3.05) is 13.2 Å². The van der Waals surface area contributed by atoms with Crippen LogP contribution in [0.3, 0.4) is 0 Å². The Balaban J connectivity index is 1.12. The fraction of sp³-hybridized carbons (Fsp3) is 0.606. The predicted octanol–water partition coefficient (Wildman–Crippen LogP) is -3.69. The zero-order valence-corrected chi connectivity index (χ0v) is 27.5. The van der Waals surface area contributed by atoms with Crippen LogP contribution in [0.5, 0.6) is 23.0 Å². The van der Waals surface area contributed by atoms with E-state index in [-0.39, 0.29) is 29.2 Å². The van der Waals surface area contributed by atoms with Crippen LogP contribution >= 0.6 is 0 Å². The van der Waals surface area contributed by atoms with E-state index in [1.54, 1.807) is 12.1 Å². The van der Waals surface area contributed by atoms with Crippen LogP contribution in [0, 0.1) is 0 Å². The molecule has 0 spiro atoms. The lowest BCUT2D eigenvalue weighted by Gasteiger charge is -2.42. The normalized spacial score (nSPS) is 40.8. The number of carbonyl (C=O) groups excluding carboxylic acids is 1. The number of Topliss-reactive ketones (excluding diaryl/α,β-unsaturated/α-hetero) is 1. The maximum Gasteiger partial charge on any atom is 0.229 e. The molecule has 19 nitrogen and oxygen atoms in total. The first-order valence-corrected chi connectivity index (χ1v) is 16.5. The topological polar surface area (TPSA) is 304 Å². The summed E-state index contributed by atoms with van der Waals surface area (Å²) in [6.45, 7) is 0.293. The average Bonchev–Trinajstić information content (AvgIpc) is 3.12. The molecule has 19 heteroatoms. The van der Waals surface area contributed by atoms with Gasteiger partial charge in [0.05, 0.1) is 25.7 Å². The number of aliphatic hydroxyl groups is 10. The van der Waals surface area contributed by atoms with Gasteiger partial charge in [-0.1, -0.05) is 12.1 Å². The number of aromatic hydroxyl groups is 1. The number of benzene rings is 2. The van der Waals surface area contributed by atoms with E-state index in [4.69, 9.17) is 33.2 Å². The molecular formula is C33H42O19. The van der Waals surface area contributed by atoms with Crippen LogP contribution in [-0.4, -0.2) is 167 Å². The van der Waals surface area contributed by atoms with Crippen molar-refractivity contribution in [1.29, 1.82) is 0 Å². The van der Waals surface area contributed by atoms with E-state index in [2.05, 4.69) is 0 Å². The van der Waals surface area contributed by atoms with Crippen LogP contribution in [-0.2, 0) is 18.9 Å². The van der Waals surface area contributed by atoms with Crippen LogP contribution in [0.25, 0.3) is 0 Å². The van der Waals surface area contributed by atoms with Crippen molar-refractivity contribution in [3.63, 3.8) is 0 Å². The van der Waals surface area contributed by atoms with Crippen LogP contribution in [0.2, 0.25) is 0 Å². The quantitative estimate of drug-likeness (QED) is 0.118. The first kappa shape index (κ1) is 38.5. The minimum Gasteiger partial charge on any atom is -0.507 e. The summed E-state index contributed by atoms with van der Waals surface area (Å²) in [6.07, 6.45) is -23.7. The molecule has 3 saturated heterocycles. The van der Waals surface area contributed by atoms with Crippen molar-refractivity contribution in [3.05, 3.63) is 47.5 Å². The third-order valence-corrected chi connectivity index (χ3v) is 9.48. The Hall–Kier alpha value is -3.25. The third-order valence-electron chi connectivity index (χ3n) is 9.48. The summed E-state index contributed by atoms with van der Waals surface area (Å²) in [4.78, 5) is 13.1. The van der Waals surface area contributed by atoms with E-state index < -0.39 is 123 Å². The van der Waals surface area contributed by atoms with Gasteiger partial charge >= 0.3 is 0 Å². The molecule has 11 N–H and O–H groups in total. The zero-order chi connectivity index (χ0) is 37.6. The number of rotatable bonds is 9. The molecule has 6 rings (SSSR count). The molecule has 0 bridgehead atoms. The standard InChI is InChI=1S/C33H42O19/c1-11-22(37)25(40)28(43)31(47-11)46-10-20-24(39)27(42)30(45)33(52-20)49-14-6-15(35)21-16(36)8-17(50-18(21)7-14)12-2-4-13(5-3-12)48-32-29(44)26(41)23(38)19(9-34)51-32/h2-7,11,17,19-20,22-35,37-45H,8-10H2,1H3/t11-,17?,19+,20+,22-,23-,24+,25+,26-,27-,28+,29+,30+,31+,32-,33+/m0/s1. The molecule has 288 valence electrons. The van der Waals surface area contributed by atoms with Gasteiger partial charge in [0, 0.05) is 12.1 Å². The van der Waals surface area contributed by atoms with Gasteiger partial charge in [-0.2, -0.15) is 0 Å². The summed E-state index contributed by atoms with van der Waals surface area (Å²) in [5.41, 5.74) is 0.367. The van der Waals surface area contributed by atoms with Crippen molar-refractivity contribution >= 4 is 5.78 Å². The first-order valence-electron chi connectivity index (χ1n) is 16.5. The Kier molecular flexibility index (Phi) is 11.6. The molecule has 0 aliphatic carbocycles. The molecule has 3 fully saturated rings. The van der Waals surface area contributed by atoms with Crippen molar-refractivity contribution in [2.45, 2.75) is 112 Å². The van der Waals surface area contributed by atoms with Gasteiger partial charge in [-0.15, -0.1) is 0 Å². The molecule has 0 amide bonds. The van der Waals surface area contributed by atoms with Gasteiger partial charge in [-0.25, -0.2) is 0 Å². The molecule has 4 aliphatic rings. The van der Waals surface area contributed by atoms with Crippen molar-refractivity contribution in [3.8, 4) is 23.0 Å². The number of fused-ring (bicyclic) bond motifs is 1. The highest BCUT2D eigenvalue weighted by Crippen LogP contribution is 2.43.